The van der Waals surface area contributed by atoms with Crippen molar-refractivity contribution in [3.05, 3.63) is 47.1 Å². The zero-order valence-electron chi connectivity index (χ0n) is 13.4. The molecule has 1 amide bonds. The van der Waals surface area contributed by atoms with Crippen LogP contribution in [0.1, 0.15) is 53.4 Å². The lowest BCUT2D eigenvalue weighted by Gasteiger charge is -2.22. The Morgan fingerprint density at radius 2 is 2.25 bits per heavy atom. The minimum absolute atomic E-state index is 0.0850. The van der Waals surface area contributed by atoms with Crippen LogP contribution in [0.25, 0.3) is 0 Å². The number of benzene rings is 1. The normalized spacial score (nSPS) is 17.0. The molecule has 3 rings (SSSR count). The van der Waals surface area contributed by atoms with Gasteiger partial charge in [0.1, 0.15) is 6.61 Å². The number of ether oxygens (including phenoxy) is 1. The average Bonchev–Trinajstić information content (AvgIpc) is 3.28. The fourth-order valence-corrected chi connectivity index (χ4v) is 2.78. The Morgan fingerprint density at radius 3 is 2.96 bits per heavy atom. The first-order valence-electron chi connectivity index (χ1n) is 7.94. The van der Waals surface area contributed by atoms with Crippen LogP contribution in [0.3, 0.4) is 0 Å². The Bertz CT molecular complexity index is 748. The first-order chi connectivity index (χ1) is 11.7. The van der Waals surface area contributed by atoms with E-state index in [0.29, 0.717) is 36.0 Å². The van der Waals surface area contributed by atoms with Crippen LogP contribution in [0.2, 0.25) is 0 Å². The molecule has 0 spiro atoms. The van der Waals surface area contributed by atoms with Gasteiger partial charge in [-0.15, -0.1) is 0 Å². The van der Waals surface area contributed by atoms with Crippen LogP contribution >= 0.6 is 0 Å². The quantitative estimate of drug-likeness (QED) is 0.838. The van der Waals surface area contributed by atoms with Crippen LogP contribution in [0.15, 0.2) is 28.8 Å². The van der Waals surface area contributed by atoms with Crippen molar-refractivity contribution in [3.63, 3.8) is 0 Å². The van der Waals surface area contributed by atoms with Crippen LogP contribution in [-0.4, -0.2) is 34.1 Å². The van der Waals surface area contributed by atoms with Gasteiger partial charge in [0.2, 0.25) is 0 Å². The second-order valence-corrected chi connectivity index (χ2v) is 5.53. The van der Waals surface area contributed by atoms with Crippen LogP contribution in [-0.2, 0) is 11.3 Å². The molecule has 1 fully saturated rings. The number of carbonyl (C=O) groups is 1. The van der Waals surface area contributed by atoms with E-state index in [1.165, 1.54) is 0 Å². The van der Waals surface area contributed by atoms with Crippen molar-refractivity contribution in [2.75, 3.05) is 13.2 Å². The Kier molecular flexibility index (Phi) is 4.87. The molecule has 7 nitrogen and oxygen atoms in total. The minimum atomic E-state index is -0.188. The molecule has 1 aliphatic heterocycles. The van der Waals surface area contributed by atoms with Gasteiger partial charge in [0.15, 0.2) is 5.82 Å². The largest absolute Gasteiger partial charge is 0.372 e. The summed E-state index contributed by atoms with van der Waals surface area (Å²) < 4.78 is 10.4. The molecule has 2 heterocycles. The van der Waals surface area contributed by atoms with Crippen molar-refractivity contribution in [2.24, 2.45) is 0 Å². The monoisotopic (exact) mass is 326 g/mol. The third kappa shape index (κ3) is 3.29. The molecule has 1 unspecified atom stereocenters. The summed E-state index contributed by atoms with van der Waals surface area (Å²) in [7, 11) is 0. The molecule has 0 aliphatic carbocycles. The van der Waals surface area contributed by atoms with Gasteiger partial charge in [-0.2, -0.15) is 10.2 Å². The summed E-state index contributed by atoms with van der Waals surface area (Å²) in [4.78, 5) is 18.8. The Morgan fingerprint density at radius 1 is 1.46 bits per heavy atom. The van der Waals surface area contributed by atoms with E-state index in [1.54, 1.807) is 29.2 Å². The molecule has 1 saturated heterocycles. The average molecular weight is 326 g/mol. The summed E-state index contributed by atoms with van der Waals surface area (Å²) in [5.41, 5.74) is 1.09. The fraction of sp³-hybridized carbons (Fsp3) is 0.412. The molecule has 1 aromatic heterocycles. The van der Waals surface area contributed by atoms with Crippen molar-refractivity contribution < 1.29 is 14.1 Å². The van der Waals surface area contributed by atoms with E-state index in [1.807, 2.05) is 13.0 Å². The van der Waals surface area contributed by atoms with Gasteiger partial charge in [-0.3, -0.25) is 4.79 Å². The number of carbonyl (C=O) groups excluding carboxylic acids is 1. The maximum absolute atomic E-state index is 12.7. The third-order valence-corrected chi connectivity index (χ3v) is 3.99. The minimum Gasteiger partial charge on any atom is -0.372 e. The predicted octanol–water partition coefficient (Wildman–Crippen LogP) is 2.46. The van der Waals surface area contributed by atoms with Gasteiger partial charge < -0.3 is 14.2 Å². The van der Waals surface area contributed by atoms with Gasteiger partial charge in [0, 0.05) is 18.7 Å². The standard InChI is InChI=1S/C17H18N4O3/c1-2-23-11-15-19-16(20-24-15)14-4-3-9-21(14)17(22)13-7-5-12(10-18)6-8-13/h5-8,14H,2-4,9,11H2,1H3. The number of nitrogens with zero attached hydrogens (tertiary/aromatic N) is 4. The molecule has 24 heavy (non-hydrogen) atoms. The SMILES string of the molecule is CCOCc1nc(C2CCCN2C(=O)c2ccc(C#N)cc2)no1. The van der Waals surface area contributed by atoms with E-state index in [0.717, 1.165) is 12.8 Å². The summed E-state index contributed by atoms with van der Waals surface area (Å²) in [6.07, 6.45) is 1.69. The molecule has 124 valence electrons. The first kappa shape index (κ1) is 16.1. The number of rotatable bonds is 5. The van der Waals surface area contributed by atoms with Gasteiger partial charge in [-0.05, 0) is 44.0 Å². The summed E-state index contributed by atoms with van der Waals surface area (Å²) in [5.74, 6) is 0.854. The van der Waals surface area contributed by atoms with E-state index in [2.05, 4.69) is 10.1 Å². The van der Waals surface area contributed by atoms with E-state index >= 15 is 0 Å². The van der Waals surface area contributed by atoms with Crippen molar-refractivity contribution >= 4 is 5.91 Å². The topological polar surface area (TPSA) is 92.2 Å². The smallest absolute Gasteiger partial charge is 0.254 e. The van der Waals surface area contributed by atoms with Crippen molar-refractivity contribution in [3.8, 4) is 6.07 Å². The van der Waals surface area contributed by atoms with Crippen molar-refractivity contribution in [1.29, 1.82) is 5.26 Å². The molecule has 0 radical (unpaired) electrons. The zero-order valence-corrected chi connectivity index (χ0v) is 13.4. The molecular formula is C17H18N4O3. The molecule has 7 heteroatoms. The number of amides is 1. The maximum Gasteiger partial charge on any atom is 0.254 e. The lowest BCUT2D eigenvalue weighted by atomic mass is 10.1. The number of aromatic nitrogens is 2. The summed E-state index contributed by atoms with van der Waals surface area (Å²) in [6.45, 7) is 3.40. The zero-order chi connectivity index (χ0) is 16.9. The Labute approximate surface area is 139 Å². The number of nitriles is 1. The first-order valence-corrected chi connectivity index (χ1v) is 7.94. The van der Waals surface area contributed by atoms with Gasteiger partial charge in [-0.25, -0.2) is 0 Å². The van der Waals surface area contributed by atoms with E-state index in [4.69, 9.17) is 14.5 Å². The fourth-order valence-electron chi connectivity index (χ4n) is 2.78. The lowest BCUT2D eigenvalue weighted by Crippen LogP contribution is -2.31. The molecule has 1 aliphatic rings. The molecule has 0 bridgehead atoms. The third-order valence-electron chi connectivity index (χ3n) is 3.99. The molecule has 2 aromatic rings. The molecular weight excluding hydrogens is 308 g/mol. The van der Waals surface area contributed by atoms with E-state index in [-0.39, 0.29) is 18.6 Å². The lowest BCUT2D eigenvalue weighted by molar-refractivity contribution is 0.0728. The molecule has 1 aromatic carbocycles. The van der Waals surface area contributed by atoms with Gasteiger partial charge in [-0.1, -0.05) is 5.16 Å². The van der Waals surface area contributed by atoms with Crippen molar-refractivity contribution in [2.45, 2.75) is 32.4 Å². The number of likely N-dealkylation sites (tertiary alicyclic amines) is 1. The highest BCUT2D eigenvalue weighted by Gasteiger charge is 2.33. The Hall–Kier alpha value is -2.72. The number of hydrogen-bond donors (Lipinski definition) is 0. The molecule has 0 saturated carbocycles. The Balaban J connectivity index is 1.75. The second kappa shape index (κ2) is 7.23. The van der Waals surface area contributed by atoms with E-state index < -0.39 is 0 Å². The predicted molar refractivity (Wildman–Crippen MR) is 83.8 cm³/mol. The maximum atomic E-state index is 12.7. The van der Waals surface area contributed by atoms with E-state index in [9.17, 15) is 4.79 Å². The molecule has 0 N–H and O–H groups in total. The summed E-state index contributed by atoms with van der Waals surface area (Å²) in [6, 6.07) is 8.50. The summed E-state index contributed by atoms with van der Waals surface area (Å²) in [5, 5.41) is 12.9. The van der Waals surface area contributed by atoms with Gasteiger partial charge >= 0.3 is 0 Å². The highest BCUT2D eigenvalue weighted by Crippen LogP contribution is 2.31. The van der Waals surface area contributed by atoms with Crippen LogP contribution in [0.5, 0.6) is 0 Å². The number of hydrogen-bond acceptors (Lipinski definition) is 6. The van der Waals surface area contributed by atoms with Crippen LogP contribution < -0.4 is 0 Å². The summed E-state index contributed by atoms with van der Waals surface area (Å²) >= 11 is 0. The second-order valence-electron chi connectivity index (χ2n) is 5.53. The van der Waals surface area contributed by atoms with Gasteiger partial charge in [0.05, 0.1) is 17.7 Å². The highest BCUT2D eigenvalue weighted by atomic mass is 16.5. The van der Waals surface area contributed by atoms with Crippen molar-refractivity contribution in [1.82, 2.24) is 15.0 Å². The van der Waals surface area contributed by atoms with Gasteiger partial charge in [0.25, 0.3) is 11.8 Å². The highest BCUT2D eigenvalue weighted by molar-refractivity contribution is 5.94. The molecule has 1 atom stereocenters. The van der Waals surface area contributed by atoms with Crippen LogP contribution in [0.4, 0.5) is 0 Å². The van der Waals surface area contributed by atoms with Crippen LogP contribution in [0, 0.1) is 11.3 Å².